The smallest absolute Gasteiger partial charge is 0.328 e. The minimum absolute atomic E-state index is 0.508. The number of hydrogen-bond donors (Lipinski definition) is 1. The summed E-state index contributed by atoms with van der Waals surface area (Å²) in [4.78, 5) is 10.4. The molecule has 0 aliphatic carbocycles. The van der Waals surface area contributed by atoms with Crippen LogP contribution in [-0.4, -0.2) is 27.5 Å². The van der Waals surface area contributed by atoms with E-state index in [0.29, 0.717) is 18.9 Å². The third-order valence-corrected chi connectivity index (χ3v) is 2.42. The number of nitrogens with zero attached hydrogens (tertiary/aromatic N) is 2. The Balaban J connectivity index is 1.90. The molecule has 0 aliphatic heterocycles. The van der Waals surface area contributed by atoms with Gasteiger partial charge in [0.15, 0.2) is 0 Å². The summed E-state index contributed by atoms with van der Waals surface area (Å²) >= 11 is 0. The first-order valence-corrected chi connectivity index (χ1v) is 5.85. The third kappa shape index (κ3) is 4.31. The summed E-state index contributed by atoms with van der Waals surface area (Å²) in [5, 5.41) is 12.6. The molecule has 0 amide bonds. The maximum absolute atomic E-state index is 10.4. The predicted octanol–water partition coefficient (Wildman–Crippen LogP) is 2.06. The van der Waals surface area contributed by atoms with Crippen molar-refractivity contribution in [1.29, 1.82) is 0 Å². The van der Waals surface area contributed by atoms with E-state index in [1.165, 1.54) is 6.08 Å². The highest BCUT2D eigenvalue weighted by molar-refractivity contribution is 5.85. The zero-order chi connectivity index (χ0) is 13.5. The number of aromatic nitrogens is 2. The van der Waals surface area contributed by atoms with Crippen LogP contribution in [0.4, 0.5) is 0 Å². The lowest BCUT2D eigenvalue weighted by Gasteiger charge is -2.06. The monoisotopic (exact) mass is 258 g/mol. The number of carbonyl (C=O) groups is 1. The van der Waals surface area contributed by atoms with E-state index in [2.05, 4.69) is 5.10 Å². The molecule has 0 aliphatic rings. The van der Waals surface area contributed by atoms with Crippen LogP contribution in [0.1, 0.15) is 5.56 Å². The molecule has 2 aromatic rings. The molecule has 0 bridgehead atoms. The number of hydrogen-bond acceptors (Lipinski definition) is 3. The maximum atomic E-state index is 10.4. The molecule has 19 heavy (non-hydrogen) atoms. The molecule has 0 unspecified atom stereocenters. The fourth-order valence-electron chi connectivity index (χ4n) is 1.57. The Morgan fingerprint density at radius 3 is 3.05 bits per heavy atom. The average molecular weight is 258 g/mol. The lowest BCUT2D eigenvalue weighted by molar-refractivity contribution is -0.131. The SMILES string of the molecule is O=C(O)/C=C/c1cccc(OCCn2cccn2)c1. The summed E-state index contributed by atoms with van der Waals surface area (Å²) in [7, 11) is 0. The van der Waals surface area contributed by atoms with Crippen LogP contribution in [0, 0.1) is 0 Å². The first-order chi connectivity index (χ1) is 9.24. The van der Waals surface area contributed by atoms with Crippen molar-refractivity contribution < 1.29 is 14.6 Å². The maximum Gasteiger partial charge on any atom is 0.328 e. The molecule has 98 valence electrons. The van der Waals surface area contributed by atoms with E-state index < -0.39 is 5.97 Å². The van der Waals surface area contributed by atoms with E-state index in [9.17, 15) is 4.79 Å². The van der Waals surface area contributed by atoms with E-state index in [1.54, 1.807) is 16.9 Å². The highest BCUT2D eigenvalue weighted by Gasteiger charge is 1.96. The van der Waals surface area contributed by atoms with Crippen LogP contribution in [0.5, 0.6) is 5.75 Å². The van der Waals surface area contributed by atoms with E-state index in [4.69, 9.17) is 9.84 Å². The van der Waals surface area contributed by atoms with Crippen LogP contribution >= 0.6 is 0 Å². The van der Waals surface area contributed by atoms with Gasteiger partial charge in [-0.15, -0.1) is 0 Å². The van der Waals surface area contributed by atoms with Crippen LogP contribution in [-0.2, 0) is 11.3 Å². The standard InChI is InChI=1S/C14H14N2O3/c17-14(18)6-5-12-3-1-4-13(11-12)19-10-9-16-8-2-7-15-16/h1-8,11H,9-10H2,(H,17,18)/b6-5+. The van der Waals surface area contributed by atoms with Crippen molar-refractivity contribution in [3.05, 3.63) is 54.4 Å². The van der Waals surface area contributed by atoms with Crippen molar-refractivity contribution in [2.75, 3.05) is 6.61 Å². The highest BCUT2D eigenvalue weighted by Crippen LogP contribution is 2.14. The summed E-state index contributed by atoms with van der Waals surface area (Å²) in [6, 6.07) is 9.13. The van der Waals surface area contributed by atoms with Gasteiger partial charge in [0.25, 0.3) is 0 Å². The van der Waals surface area contributed by atoms with Gasteiger partial charge < -0.3 is 9.84 Å². The van der Waals surface area contributed by atoms with E-state index in [0.717, 1.165) is 11.6 Å². The third-order valence-electron chi connectivity index (χ3n) is 2.42. The number of ether oxygens (including phenoxy) is 1. The largest absolute Gasteiger partial charge is 0.492 e. The zero-order valence-corrected chi connectivity index (χ0v) is 10.3. The van der Waals surface area contributed by atoms with Crippen LogP contribution in [0.15, 0.2) is 48.8 Å². The molecule has 1 aromatic carbocycles. The summed E-state index contributed by atoms with van der Waals surface area (Å²) < 4.78 is 7.37. The fraction of sp³-hybridized carbons (Fsp3) is 0.143. The molecule has 0 saturated carbocycles. The number of rotatable bonds is 6. The van der Waals surface area contributed by atoms with Crippen LogP contribution in [0.25, 0.3) is 6.08 Å². The van der Waals surface area contributed by atoms with Crippen molar-refractivity contribution in [3.8, 4) is 5.75 Å². The van der Waals surface area contributed by atoms with Gasteiger partial charge in [-0.2, -0.15) is 5.10 Å². The summed E-state index contributed by atoms with van der Waals surface area (Å²) in [6.45, 7) is 1.18. The Kier molecular flexibility index (Phi) is 4.34. The minimum atomic E-state index is -0.968. The Bertz CT molecular complexity index is 562. The Morgan fingerprint density at radius 2 is 2.32 bits per heavy atom. The average Bonchev–Trinajstić information content (AvgIpc) is 2.90. The first-order valence-electron chi connectivity index (χ1n) is 5.85. The normalized spacial score (nSPS) is 10.7. The van der Waals surface area contributed by atoms with Gasteiger partial charge in [0.05, 0.1) is 6.54 Å². The predicted molar refractivity (Wildman–Crippen MR) is 70.8 cm³/mol. The molecule has 0 radical (unpaired) electrons. The van der Waals surface area contributed by atoms with Crippen molar-refractivity contribution in [2.24, 2.45) is 0 Å². The first kappa shape index (κ1) is 12.9. The van der Waals surface area contributed by atoms with Crippen LogP contribution in [0.3, 0.4) is 0 Å². The van der Waals surface area contributed by atoms with Gasteiger partial charge in [-0.25, -0.2) is 4.79 Å². The van der Waals surface area contributed by atoms with Crippen molar-refractivity contribution in [3.63, 3.8) is 0 Å². The number of carboxylic acid groups (broad SMARTS) is 1. The van der Waals surface area contributed by atoms with Gasteiger partial charge in [0.1, 0.15) is 12.4 Å². The molecule has 0 saturated heterocycles. The number of aliphatic carboxylic acids is 1. The Morgan fingerprint density at radius 1 is 1.42 bits per heavy atom. The molecular formula is C14H14N2O3. The zero-order valence-electron chi connectivity index (χ0n) is 10.3. The molecule has 0 atom stereocenters. The highest BCUT2D eigenvalue weighted by atomic mass is 16.5. The molecule has 5 nitrogen and oxygen atoms in total. The Hall–Kier alpha value is -2.56. The second kappa shape index (κ2) is 6.39. The minimum Gasteiger partial charge on any atom is -0.492 e. The van der Waals surface area contributed by atoms with Crippen molar-refractivity contribution >= 4 is 12.0 Å². The van der Waals surface area contributed by atoms with Crippen molar-refractivity contribution in [2.45, 2.75) is 6.54 Å². The van der Waals surface area contributed by atoms with Gasteiger partial charge in [0, 0.05) is 18.5 Å². The summed E-state index contributed by atoms with van der Waals surface area (Å²) in [5.74, 6) is -0.260. The Labute approximate surface area is 110 Å². The van der Waals surface area contributed by atoms with Gasteiger partial charge in [-0.3, -0.25) is 4.68 Å². The lowest BCUT2D eigenvalue weighted by atomic mass is 10.2. The van der Waals surface area contributed by atoms with Gasteiger partial charge in [0.2, 0.25) is 0 Å². The van der Waals surface area contributed by atoms with Crippen molar-refractivity contribution in [1.82, 2.24) is 9.78 Å². The molecule has 0 fully saturated rings. The van der Waals surface area contributed by atoms with E-state index in [1.807, 2.05) is 30.5 Å². The second-order valence-corrected chi connectivity index (χ2v) is 3.86. The quantitative estimate of drug-likeness (QED) is 0.805. The molecule has 1 heterocycles. The van der Waals surface area contributed by atoms with Crippen LogP contribution in [0.2, 0.25) is 0 Å². The van der Waals surface area contributed by atoms with E-state index in [-0.39, 0.29) is 0 Å². The van der Waals surface area contributed by atoms with E-state index >= 15 is 0 Å². The molecule has 5 heteroatoms. The molecule has 2 rings (SSSR count). The molecule has 1 N–H and O–H groups in total. The number of carboxylic acids is 1. The lowest BCUT2D eigenvalue weighted by Crippen LogP contribution is -2.08. The summed E-state index contributed by atoms with van der Waals surface area (Å²) in [6.07, 6.45) is 6.22. The topological polar surface area (TPSA) is 64.3 Å². The van der Waals surface area contributed by atoms with Gasteiger partial charge >= 0.3 is 5.97 Å². The molecule has 1 aromatic heterocycles. The van der Waals surface area contributed by atoms with Gasteiger partial charge in [-0.05, 0) is 29.8 Å². The second-order valence-electron chi connectivity index (χ2n) is 3.86. The fourth-order valence-corrected chi connectivity index (χ4v) is 1.57. The molecular weight excluding hydrogens is 244 g/mol. The van der Waals surface area contributed by atoms with Crippen LogP contribution < -0.4 is 4.74 Å². The number of benzene rings is 1. The molecule has 0 spiro atoms. The summed E-state index contributed by atoms with van der Waals surface area (Å²) in [5.41, 5.74) is 0.791. The van der Waals surface area contributed by atoms with Gasteiger partial charge in [-0.1, -0.05) is 12.1 Å².